The third-order valence-electron chi connectivity index (χ3n) is 2.07. The Morgan fingerprint density at radius 2 is 2.62 bits per heavy atom. The molecular formula is C7H8O. The molecule has 1 heteroatoms. The quantitative estimate of drug-likeness (QED) is 0.332. The normalized spacial score (nSPS) is 50.1. The highest BCUT2D eigenvalue weighted by Gasteiger charge is 2.58. The van der Waals surface area contributed by atoms with Crippen molar-refractivity contribution in [2.45, 2.75) is 31.0 Å². The van der Waals surface area contributed by atoms with E-state index in [4.69, 9.17) is 11.2 Å². The van der Waals surface area contributed by atoms with Gasteiger partial charge in [0, 0.05) is 0 Å². The molecule has 0 radical (unpaired) electrons. The van der Waals surface area contributed by atoms with Crippen LogP contribution in [-0.4, -0.2) is 11.7 Å². The summed E-state index contributed by atoms with van der Waals surface area (Å²) in [5.74, 6) is 2.69. The standard InChI is InChI=1S/C7H8O/c1-2-7-5-3-4-6(7)8-7/h1,6H,3-5H2. The molecule has 0 N–H and O–H groups in total. The van der Waals surface area contributed by atoms with E-state index in [9.17, 15) is 0 Å². The molecule has 1 nitrogen and oxygen atoms in total. The summed E-state index contributed by atoms with van der Waals surface area (Å²) in [5.41, 5.74) is -0.0694. The minimum atomic E-state index is -0.0694. The third kappa shape index (κ3) is 0.329. The number of ether oxygens (including phenoxy) is 1. The van der Waals surface area contributed by atoms with Gasteiger partial charge >= 0.3 is 0 Å². The molecule has 2 unspecified atom stereocenters. The fraction of sp³-hybridized carbons (Fsp3) is 0.714. The minimum absolute atomic E-state index is 0.0694. The van der Waals surface area contributed by atoms with Gasteiger partial charge in [0.05, 0.1) is 6.10 Å². The molecule has 1 saturated heterocycles. The largest absolute Gasteiger partial charge is 0.352 e. The van der Waals surface area contributed by atoms with Gasteiger partial charge in [0.25, 0.3) is 0 Å². The molecule has 42 valence electrons. The van der Waals surface area contributed by atoms with Crippen molar-refractivity contribution in [3.8, 4) is 12.3 Å². The van der Waals surface area contributed by atoms with Crippen molar-refractivity contribution in [1.82, 2.24) is 0 Å². The van der Waals surface area contributed by atoms with E-state index in [1.54, 1.807) is 0 Å². The smallest absolute Gasteiger partial charge is 0.154 e. The van der Waals surface area contributed by atoms with Gasteiger partial charge in [-0.25, -0.2) is 0 Å². The molecule has 1 aliphatic heterocycles. The molecule has 0 spiro atoms. The molecular weight excluding hydrogens is 100 g/mol. The van der Waals surface area contributed by atoms with E-state index in [0.29, 0.717) is 6.10 Å². The van der Waals surface area contributed by atoms with Crippen LogP contribution in [0.2, 0.25) is 0 Å². The molecule has 1 aliphatic carbocycles. The summed E-state index contributed by atoms with van der Waals surface area (Å²) in [6.07, 6.45) is 9.21. The maximum atomic E-state index is 5.25. The van der Waals surface area contributed by atoms with Gasteiger partial charge in [-0.1, -0.05) is 5.92 Å². The van der Waals surface area contributed by atoms with Gasteiger partial charge in [0.1, 0.15) is 0 Å². The van der Waals surface area contributed by atoms with E-state index < -0.39 is 0 Å². The van der Waals surface area contributed by atoms with E-state index >= 15 is 0 Å². The molecule has 2 rings (SSSR count). The maximum Gasteiger partial charge on any atom is 0.154 e. The van der Waals surface area contributed by atoms with Crippen LogP contribution in [-0.2, 0) is 4.74 Å². The second-order valence-electron chi connectivity index (χ2n) is 2.53. The van der Waals surface area contributed by atoms with Gasteiger partial charge < -0.3 is 4.74 Å². The van der Waals surface area contributed by atoms with Crippen molar-refractivity contribution < 1.29 is 4.74 Å². The second kappa shape index (κ2) is 1.09. The molecule has 2 aliphatic rings. The Labute approximate surface area is 49.0 Å². The molecule has 1 saturated carbocycles. The molecule has 2 fully saturated rings. The fourth-order valence-electron chi connectivity index (χ4n) is 1.48. The SMILES string of the molecule is C#CC12CCCC1O2. The van der Waals surface area contributed by atoms with Crippen LogP contribution in [0.5, 0.6) is 0 Å². The molecule has 0 aromatic rings. The van der Waals surface area contributed by atoms with Gasteiger partial charge in [-0.05, 0) is 19.3 Å². The van der Waals surface area contributed by atoms with Crippen LogP contribution in [0.1, 0.15) is 19.3 Å². The molecule has 2 atom stereocenters. The van der Waals surface area contributed by atoms with Crippen LogP contribution in [0, 0.1) is 12.3 Å². The van der Waals surface area contributed by atoms with E-state index in [1.165, 1.54) is 12.8 Å². The molecule has 0 bridgehead atoms. The molecule has 8 heavy (non-hydrogen) atoms. The zero-order chi connectivity index (χ0) is 5.61. The van der Waals surface area contributed by atoms with E-state index in [0.717, 1.165) is 6.42 Å². The van der Waals surface area contributed by atoms with Crippen LogP contribution in [0.4, 0.5) is 0 Å². The Bertz CT molecular complexity index is 156. The van der Waals surface area contributed by atoms with Crippen molar-refractivity contribution >= 4 is 0 Å². The van der Waals surface area contributed by atoms with Crippen LogP contribution in [0.15, 0.2) is 0 Å². The zero-order valence-corrected chi connectivity index (χ0v) is 4.68. The number of fused-ring (bicyclic) bond motifs is 1. The monoisotopic (exact) mass is 108 g/mol. The highest BCUT2D eigenvalue weighted by Crippen LogP contribution is 2.49. The lowest BCUT2D eigenvalue weighted by Gasteiger charge is -1.93. The summed E-state index contributed by atoms with van der Waals surface area (Å²) < 4.78 is 5.25. The van der Waals surface area contributed by atoms with Crippen molar-refractivity contribution in [3.63, 3.8) is 0 Å². The molecule has 0 aromatic carbocycles. The van der Waals surface area contributed by atoms with Crippen LogP contribution < -0.4 is 0 Å². The highest BCUT2D eigenvalue weighted by atomic mass is 16.6. The minimum Gasteiger partial charge on any atom is -0.352 e. The third-order valence-corrected chi connectivity index (χ3v) is 2.07. The van der Waals surface area contributed by atoms with Gasteiger partial charge in [-0.2, -0.15) is 0 Å². The maximum absolute atomic E-state index is 5.25. The molecule has 1 heterocycles. The average molecular weight is 108 g/mol. The first-order valence-corrected chi connectivity index (χ1v) is 3.03. The lowest BCUT2D eigenvalue weighted by atomic mass is 10.1. The van der Waals surface area contributed by atoms with Crippen molar-refractivity contribution in [2.24, 2.45) is 0 Å². The van der Waals surface area contributed by atoms with Gasteiger partial charge in [-0.3, -0.25) is 0 Å². The van der Waals surface area contributed by atoms with Crippen LogP contribution in [0.25, 0.3) is 0 Å². The topological polar surface area (TPSA) is 12.5 Å². The number of rotatable bonds is 0. The Hall–Kier alpha value is -0.480. The second-order valence-corrected chi connectivity index (χ2v) is 2.53. The summed E-state index contributed by atoms with van der Waals surface area (Å²) in [5, 5.41) is 0. The predicted octanol–water partition coefficient (Wildman–Crippen LogP) is 0.941. The zero-order valence-electron chi connectivity index (χ0n) is 4.68. The molecule has 0 aromatic heterocycles. The lowest BCUT2D eigenvalue weighted by Crippen LogP contribution is -2.03. The molecule has 0 amide bonds. The predicted molar refractivity (Wildman–Crippen MR) is 30.3 cm³/mol. The summed E-state index contributed by atoms with van der Waals surface area (Å²) >= 11 is 0. The summed E-state index contributed by atoms with van der Waals surface area (Å²) in [6, 6.07) is 0. The van der Waals surface area contributed by atoms with Crippen molar-refractivity contribution in [2.75, 3.05) is 0 Å². The fourth-order valence-corrected chi connectivity index (χ4v) is 1.48. The first kappa shape index (κ1) is 4.40. The van der Waals surface area contributed by atoms with Gasteiger partial charge in [-0.15, -0.1) is 6.42 Å². The summed E-state index contributed by atoms with van der Waals surface area (Å²) in [4.78, 5) is 0. The van der Waals surface area contributed by atoms with Crippen LogP contribution >= 0.6 is 0 Å². The van der Waals surface area contributed by atoms with E-state index in [2.05, 4.69) is 5.92 Å². The number of terminal acetylenes is 1. The van der Waals surface area contributed by atoms with Crippen molar-refractivity contribution in [1.29, 1.82) is 0 Å². The summed E-state index contributed by atoms with van der Waals surface area (Å²) in [7, 11) is 0. The Morgan fingerprint density at radius 1 is 1.75 bits per heavy atom. The Kier molecular flexibility index (Phi) is 0.598. The Balaban J connectivity index is 2.22. The first-order chi connectivity index (χ1) is 3.87. The first-order valence-electron chi connectivity index (χ1n) is 3.03. The van der Waals surface area contributed by atoms with Gasteiger partial charge in [0.2, 0.25) is 0 Å². The van der Waals surface area contributed by atoms with E-state index in [-0.39, 0.29) is 5.60 Å². The Morgan fingerprint density at radius 3 is 2.88 bits per heavy atom. The van der Waals surface area contributed by atoms with Gasteiger partial charge in [0.15, 0.2) is 5.60 Å². The number of epoxide rings is 1. The van der Waals surface area contributed by atoms with Crippen molar-refractivity contribution in [3.05, 3.63) is 0 Å². The van der Waals surface area contributed by atoms with Crippen LogP contribution in [0.3, 0.4) is 0 Å². The lowest BCUT2D eigenvalue weighted by molar-refractivity contribution is 0.290. The average Bonchev–Trinajstić information content (AvgIpc) is 2.38. The highest BCUT2D eigenvalue weighted by molar-refractivity contribution is 5.24. The summed E-state index contributed by atoms with van der Waals surface area (Å²) in [6.45, 7) is 0. The number of hydrogen-bond donors (Lipinski definition) is 0. The number of hydrogen-bond acceptors (Lipinski definition) is 1. The van der Waals surface area contributed by atoms with E-state index in [1.807, 2.05) is 0 Å².